The molecule has 1 amide bonds. The van der Waals surface area contributed by atoms with Crippen molar-refractivity contribution in [3.63, 3.8) is 0 Å². The summed E-state index contributed by atoms with van der Waals surface area (Å²) in [6.07, 6.45) is 1.33. The van der Waals surface area contributed by atoms with E-state index in [1.165, 1.54) is 6.20 Å². The molecule has 2 aliphatic rings. The van der Waals surface area contributed by atoms with E-state index in [-0.39, 0.29) is 31.2 Å². The molecule has 290 valence electrons. The van der Waals surface area contributed by atoms with Crippen LogP contribution in [0.1, 0.15) is 43.1 Å². The summed E-state index contributed by atoms with van der Waals surface area (Å²) in [7, 11) is -3.47. The first-order valence-corrected chi connectivity index (χ1v) is 18.8. The van der Waals surface area contributed by atoms with Gasteiger partial charge in [0.05, 0.1) is 25.3 Å². The number of H-pyrrole nitrogens is 1. The van der Waals surface area contributed by atoms with Crippen molar-refractivity contribution in [3.05, 3.63) is 77.6 Å². The van der Waals surface area contributed by atoms with Crippen LogP contribution < -0.4 is 9.15 Å². The zero-order valence-electron chi connectivity index (χ0n) is 30.2. The number of aromatic amines is 1. The fourth-order valence-electron chi connectivity index (χ4n) is 6.34. The SMILES string of the molecule is CC(C)(C)OC(=O)N1CCN(CCOCCOc2ccc(-c3cnc4[nH]cc(C(=O)c5c(F)ccc(N(N6CC[C@@H](F)C6)[SH](=O)=O)c5F)c4c3)cc2)CC1. The van der Waals surface area contributed by atoms with Crippen LogP contribution >= 0.6 is 0 Å². The van der Waals surface area contributed by atoms with E-state index < -0.39 is 51.3 Å². The molecule has 4 aromatic rings. The van der Waals surface area contributed by atoms with Crippen LogP contribution in [0.2, 0.25) is 0 Å². The fraction of sp³-hybridized carbons (Fsp3) is 0.432. The Balaban J connectivity index is 1.04. The lowest BCUT2D eigenvalue weighted by Crippen LogP contribution is -2.50. The molecule has 0 radical (unpaired) electrons. The number of hydrogen-bond donors (Lipinski definition) is 2. The van der Waals surface area contributed by atoms with Crippen molar-refractivity contribution in [1.82, 2.24) is 24.8 Å². The van der Waals surface area contributed by atoms with Gasteiger partial charge < -0.3 is 24.1 Å². The van der Waals surface area contributed by atoms with Crippen molar-refractivity contribution in [2.75, 3.05) is 70.0 Å². The van der Waals surface area contributed by atoms with Gasteiger partial charge in [-0.2, -0.15) is 4.41 Å². The third kappa shape index (κ3) is 9.14. The van der Waals surface area contributed by atoms with Crippen LogP contribution in [0.15, 0.2) is 54.9 Å². The average molecular weight is 773 g/mol. The largest absolute Gasteiger partial charge is 0.491 e. The lowest BCUT2D eigenvalue weighted by Gasteiger charge is -2.35. The standard InChI is InChI=1S/C37H43F3N6O7S/c1-37(2,3)53-36(48)44-14-12-43(13-15-44)16-17-51-18-19-52-27-6-4-24(5-7-27)25-20-28-29(22-42-35(28)41-21-25)34(47)32-30(39)8-9-31(33(32)40)46(54(49)50)45-11-10-26(38)23-45/h4-9,20-22,26,54H,10-19,23H2,1-3H3,(H,41,42)/t26-/m1/s1. The smallest absolute Gasteiger partial charge is 0.410 e. The zero-order chi connectivity index (χ0) is 38.6. The number of amides is 1. The number of aromatic nitrogens is 2. The van der Waals surface area contributed by atoms with Gasteiger partial charge in [-0.1, -0.05) is 12.1 Å². The molecule has 6 rings (SSSR count). The van der Waals surface area contributed by atoms with Crippen LogP contribution in [0.25, 0.3) is 22.2 Å². The summed E-state index contributed by atoms with van der Waals surface area (Å²) in [5.41, 5.74) is -0.446. The van der Waals surface area contributed by atoms with Crippen molar-refractivity contribution < 1.29 is 45.4 Å². The van der Waals surface area contributed by atoms with Crippen molar-refractivity contribution in [2.45, 2.75) is 39.0 Å². The molecule has 0 unspecified atom stereocenters. The number of ether oxygens (including phenoxy) is 3. The first kappa shape index (κ1) is 39.0. The van der Waals surface area contributed by atoms with Gasteiger partial charge in [-0.15, -0.1) is 0 Å². The van der Waals surface area contributed by atoms with Gasteiger partial charge in [0.15, 0.2) is 5.82 Å². The Morgan fingerprint density at radius 1 is 0.981 bits per heavy atom. The molecule has 1 N–H and O–H groups in total. The van der Waals surface area contributed by atoms with Gasteiger partial charge in [0.1, 0.15) is 41.3 Å². The molecule has 2 saturated heterocycles. The van der Waals surface area contributed by atoms with Crippen LogP contribution in [-0.2, 0) is 20.4 Å². The summed E-state index contributed by atoms with van der Waals surface area (Å²) in [6.45, 7) is 9.96. The maximum Gasteiger partial charge on any atom is 0.410 e. The minimum absolute atomic E-state index is 0.00302. The normalized spacial score (nSPS) is 17.0. The second-order valence-corrected chi connectivity index (χ2v) is 14.9. The van der Waals surface area contributed by atoms with E-state index in [1.54, 1.807) is 29.3 Å². The van der Waals surface area contributed by atoms with Crippen molar-refractivity contribution >= 4 is 39.5 Å². The number of hydrogen-bond acceptors (Lipinski definition) is 10. The number of ketones is 1. The van der Waals surface area contributed by atoms with Gasteiger partial charge >= 0.3 is 6.09 Å². The minimum Gasteiger partial charge on any atom is -0.491 e. The van der Waals surface area contributed by atoms with E-state index in [0.29, 0.717) is 59.7 Å². The van der Waals surface area contributed by atoms with E-state index in [1.807, 2.05) is 32.9 Å². The van der Waals surface area contributed by atoms with Gasteiger partial charge in [0.25, 0.3) is 0 Å². The molecule has 2 aliphatic heterocycles. The van der Waals surface area contributed by atoms with Gasteiger partial charge in [-0.05, 0) is 63.1 Å². The molecular weight excluding hydrogens is 730 g/mol. The monoisotopic (exact) mass is 772 g/mol. The maximum absolute atomic E-state index is 15.9. The Bertz CT molecular complexity index is 2040. The molecule has 0 bridgehead atoms. The Morgan fingerprint density at radius 2 is 1.72 bits per heavy atom. The van der Waals surface area contributed by atoms with Gasteiger partial charge in [-0.3, -0.25) is 9.69 Å². The highest BCUT2D eigenvalue weighted by Gasteiger charge is 2.33. The van der Waals surface area contributed by atoms with E-state index in [0.717, 1.165) is 42.3 Å². The Hall–Kier alpha value is -4.71. The molecule has 2 aromatic heterocycles. The quantitative estimate of drug-likeness (QED) is 0.109. The number of alkyl halides is 1. The summed E-state index contributed by atoms with van der Waals surface area (Å²) in [4.78, 5) is 37.1. The van der Waals surface area contributed by atoms with Gasteiger partial charge in [0.2, 0.25) is 16.7 Å². The number of fused-ring (bicyclic) bond motifs is 1. The first-order chi connectivity index (χ1) is 25.8. The molecule has 0 spiro atoms. The first-order valence-electron chi connectivity index (χ1n) is 17.6. The number of hydrazine groups is 1. The molecule has 2 fully saturated rings. The van der Waals surface area contributed by atoms with E-state index in [9.17, 15) is 22.4 Å². The number of halogens is 3. The van der Waals surface area contributed by atoms with Gasteiger partial charge in [0, 0.05) is 68.2 Å². The van der Waals surface area contributed by atoms with E-state index in [4.69, 9.17) is 14.2 Å². The third-order valence-electron chi connectivity index (χ3n) is 9.08. The molecule has 13 nitrogen and oxygen atoms in total. The lowest BCUT2D eigenvalue weighted by molar-refractivity contribution is 0.0108. The zero-order valence-corrected chi connectivity index (χ0v) is 31.1. The number of carbonyl (C=O) groups excluding carboxylic acids is 2. The third-order valence-corrected chi connectivity index (χ3v) is 9.86. The number of anilines is 1. The second-order valence-electron chi connectivity index (χ2n) is 14.0. The maximum atomic E-state index is 15.9. The Morgan fingerprint density at radius 3 is 2.39 bits per heavy atom. The number of rotatable bonds is 13. The molecule has 54 heavy (non-hydrogen) atoms. The molecule has 4 heterocycles. The van der Waals surface area contributed by atoms with E-state index in [2.05, 4.69) is 14.9 Å². The highest BCUT2D eigenvalue weighted by atomic mass is 32.2. The van der Waals surface area contributed by atoms with Crippen molar-refractivity contribution in [3.8, 4) is 16.9 Å². The van der Waals surface area contributed by atoms with Crippen LogP contribution in [-0.4, -0.2) is 122 Å². The van der Waals surface area contributed by atoms with Crippen LogP contribution in [0.5, 0.6) is 5.75 Å². The Labute approximate surface area is 312 Å². The molecule has 1 atom stereocenters. The van der Waals surface area contributed by atoms with Crippen molar-refractivity contribution in [1.29, 1.82) is 0 Å². The molecule has 2 aromatic carbocycles. The number of carbonyl (C=O) groups is 2. The summed E-state index contributed by atoms with van der Waals surface area (Å²) < 4.78 is 86.6. The van der Waals surface area contributed by atoms with Crippen LogP contribution in [0.4, 0.5) is 23.7 Å². The summed E-state index contributed by atoms with van der Waals surface area (Å²) in [5, 5.41) is 1.41. The lowest BCUT2D eigenvalue weighted by atomic mass is 9.99. The number of nitrogens with one attached hydrogen (secondary N) is 1. The Kier molecular flexibility index (Phi) is 12.1. The molecular formula is C37H43F3N6O7S. The summed E-state index contributed by atoms with van der Waals surface area (Å²) >= 11 is 0. The number of pyridine rings is 1. The molecule has 0 saturated carbocycles. The second kappa shape index (κ2) is 16.8. The number of nitrogens with zero attached hydrogens (tertiary/aromatic N) is 5. The predicted molar refractivity (Wildman–Crippen MR) is 196 cm³/mol. The predicted octanol–water partition coefficient (Wildman–Crippen LogP) is 4.98. The molecule has 17 heteroatoms. The topological polar surface area (TPSA) is 138 Å². The van der Waals surface area contributed by atoms with Crippen molar-refractivity contribution in [2.24, 2.45) is 0 Å². The average Bonchev–Trinajstić information content (AvgIpc) is 3.76. The van der Waals surface area contributed by atoms with Crippen LogP contribution in [0, 0.1) is 11.6 Å². The molecule has 0 aliphatic carbocycles. The number of piperazine rings is 1. The van der Waals surface area contributed by atoms with E-state index >= 15 is 8.78 Å². The number of benzene rings is 2. The number of thiol groups is 1. The highest BCUT2D eigenvalue weighted by molar-refractivity contribution is 7.73. The summed E-state index contributed by atoms with van der Waals surface area (Å²) in [6, 6.07) is 10.6. The minimum atomic E-state index is -3.47. The highest BCUT2D eigenvalue weighted by Crippen LogP contribution is 2.32. The van der Waals surface area contributed by atoms with Crippen LogP contribution in [0.3, 0.4) is 0 Å². The fourth-order valence-corrected chi connectivity index (χ4v) is 7.04. The summed E-state index contributed by atoms with van der Waals surface area (Å²) in [5.74, 6) is -2.96. The van der Waals surface area contributed by atoms with Gasteiger partial charge in [-0.25, -0.2) is 36.4 Å².